The van der Waals surface area contributed by atoms with E-state index in [-0.39, 0.29) is 33.3 Å². The van der Waals surface area contributed by atoms with Gasteiger partial charge in [-0.3, -0.25) is 14.0 Å². The summed E-state index contributed by atoms with van der Waals surface area (Å²) in [4.78, 5) is 3.95. The third-order valence-corrected chi connectivity index (χ3v) is 6.99. The molecule has 7 N–H and O–H groups in total. The molecule has 21 heteroatoms. The Hall–Kier alpha value is -3.82. The molecule has 0 radical (unpaired) electrons. The molecule has 0 atom stereocenters. The number of nitrogens with two attached hydrogens (primary N) is 2. The van der Waals surface area contributed by atoms with E-state index in [4.69, 9.17) is 21.3 Å². The van der Waals surface area contributed by atoms with Crippen LogP contribution in [0.3, 0.4) is 0 Å². The number of hydrogen-bond donors (Lipinski definition) is 5. The Labute approximate surface area is 246 Å². The second-order valence-corrected chi connectivity index (χ2v) is 11.6. The van der Waals surface area contributed by atoms with Crippen LogP contribution in [0.5, 0.6) is 0 Å². The standard InChI is InChI=1S/C21H18N6O11S4/c1-12-2-4-16(20(8-12)40-37-36-28)24-26-18-11-19(15(23)10-14(18)22)27-25-17-5-3-13(9-21(17)41(29,30)31)39-7-6-35-38-42(32,33)34/h2-5,8-11,28H,22-23H2,1H3,(H,29,30,31)(H,32,33,34). The van der Waals surface area contributed by atoms with Gasteiger partial charge in [0.2, 0.25) is 0 Å². The molecule has 0 heterocycles. The normalized spacial score (nSPS) is 12.0. The summed E-state index contributed by atoms with van der Waals surface area (Å²) in [5.74, 6) is 0. The maximum absolute atomic E-state index is 12.0. The van der Waals surface area contributed by atoms with Gasteiger partial charge < -0.3 is 11.5 Å². The number of rotatable bonds is 11. The summed E-state index contributed by atoms with van der Waals surface area (Å²) in [5.41, 5.74) is 13.3. The third-order valence-electron chi connectivity index (χ3n) is 4.56. The number of azo groups is 2. The summed E-state index contributed by atoms with van der Waals surface area (Å²) in [6.45, 7) is 1.83. The van der Waals surface area contributed by atoms with Gasteiger partial charge in [0.15, 0.2) is 6.11 Å². The van der Waals surface area contributed by atoms with Gasteiger partial charge in [-0.2, -0.15) is 16.8 Å². The van der Waals surface area contributed by atoms with E-state index >= 15 is 0 Å². The van der Waals surface area contributed by atoms with Crippen LogP contribution in [0.2, 0.25) is 0 Å². The van der Waals surface area contributed by atoms with Crippen LogP contribution in [0.4, 0.5) is 34.1 Å². The van der Waals surface area contributed by atoms with Gasteiger partial charge in [-0.25, -0.2) is 5.26 Å². The lowest BCUT2D eigenvalue weighted by Gasteiger charge is -2.07. The van der Waals surface area contributed by atoms with Crippen LogP contribution in [0, 0.1) is 18.3 Å². The first-order chi connectivity index (χ1) is 19.8. The van der Waals surface area contributed by atoms with Gasteiger partial charge in [-0.05, 0) is 71.0 Å². The fourth-order valence-corrected chi connectivity index (χ4v) is 4.71. The van der Waals surface area contributed by atoms with Crippen LogP contribution < -0.4 is 11.5 Å². The summed E-state index contributed by atoms with van der Waals surface area (Å²) in [6.07, 6.45) is 1.80. The number of nitrogens with zero attached hydrogens (tertiary/aromatic N) is 4. The maximum Gasteiger partial charge on any atom is 0.433 e. The van der Waals surface area contributed by atoms with Crippen molar-refractivity contribution in [3.63, 3.8) is 0 Å². The molecule has 0 saturated heterocycles. The molecule has 0 aliphatic carbocycles. The van der Waals surface area contributed by atoms with Crippen LogP contribution in [-0.2, 0) is 39.1 Å². The van der Waals surface area contributed by atoms with E-state index in [1.54, 1.807) is 24.3 Å². The van der Waals surface area contributed by atoms with Gasteiger partial charge in [0.1, 0.15) is 27.6 Å². The topological polar surface area (TPSA) is 267 Å². The molecule has 0 amide bonds. The van der Waals surface area contributed by atoms with Crippen LogP contribution in [0.1, 0.15) is 5.56 Å². The van der Waals surface area contributed by atoms with E-state index < -0.39 is 25.4 Å². The minimum absolute atomic E-state index is 0.0373. The summed E-state index contributed by atoms with van der Waals surface area (Å²) in [5, 5.41) is 30.4. The molecule has 0 unspecified atom stereocenters. The molecule has 0 spiro atoms. The quantitative estimate of drug-likeness (QED) is 0.0251. The predicted molar refractivity (Wildman–Crippen MR) is 149 cm³/mol. The number of hydrogen-bond acceptors (Lipinski definition) is 17. The van der Waals surface area contributed by atoms with Crippen molar-refractivity contribution in [3.8, 4) is 11.4 Å². The van der Waals surface area contributed by atoms with Crippen molar-refractivity contribution in [3.05, 3.63) is 54.1 Å². The molecule has 0 aromatic heterocycles. The zero-order valence-electron chi connectivity index (χ0n) is 20.8. The van der Waals surface area contributed by atoms with E-state index in [0.29, 0.717) is 34.4 Å². The Bertz CT molecular complexity index is 1810. The summed E-state index contributed by atoms with van der Waals surface area (Å²) in [7, 11) is -9.67. The molecule has 3 aromatic rings. The average Bonchev–Trinajstić information content (AvgIpc) is 2.90. The zero-order valence-corrected chi connectivity index (χ0v) is 24.1. The highest BCUT2D eigenvalue weighted by Crippen LogP contribution is 2.38. The second kappa shape index (κ2) is 14.4. The number of thioether (sulfide) groups is 1. The van der Waals surface area contributed by atoms with Gasteiger partial charge >= 0.3 is 10.4 Å². The van der Waals surface area contributed by atoms with Gasteiger partial charge in [0, 0.05) is 10.1 Å². The zero-order chi connectivity index (χ0) is 30.9. The molecule has 17 nitrogen and oxygen atoms in total. The lowest BCUT2D eigenvalue weighted by atomic mass is 10.2. The van der Waals surface area contributed by atoms with Crippen molar-refractivity contribution >= 4 is 78.4 Å². The van der Waals surface area contributed by atoms with E-state index in [1.165, 1.54) is 24.3 Å². The lowest BCUT2D eigenvalue weighted by Crippen LogP contribution is -2.01. The number of nitrogen functional groups attached to an aromatic ring is 2. The monoisotopic (exact) mass is 658 g/mol. The minimum Gasteiger partial charge on any atom is -0.397 e. The first-order valence-electron chi connectivity index (χ1n) is 10.7. The Kier molecular flexibility index (Phi) is 11.2. The van der Waals surface area contributed by atoms with Crippen molar-refractivity contribution in [2.24, 2.45) is 20.5 Å². The molecule has 0 bridgehead atoms. The van der Waals surface area contributed by atoms with Crippen molar-refractivity contribution in [2.75, 3.05) is 11.5 Å². The van der Waals surface area contributed by atoms with E-state index in [2.05, 4.69) is 44.3 Å². The number of anilines is 2. The molecule has 222 valence electrons. The van der Waals surface area contributed by atoms with Crippen LogP contribution in [-0.4, -0.2) is 31.2 Å². The highest BCUT2D eigenvalue weighted by Gasteiger charge is 2.17. The highest BCUT2D eigenvalue weighted by molar-refractivity contribution is 8.04. The highest BCUT2D eigenvalue weighted by atomic mass is 32.3. The van der Waals surface area contributed by atoms with Gasteiger partial charge in [0.25, 0.3) is 10.1 Å². The molecular formula is C21H18N6O11S4. The third kappa shape index (κ3) is 9.92. The average molecular weight is 659 g/mol. The Morgan fingerprint density at radius 1 is 0.833 bits per heavy atom. The van der Waals surface area contributed by atoms with E-state index in [9.17, 15) is 21.4 Å². The molecule has 0 aliphatic heterocycles. The molecule has 0 saturated carbocycles. The minimum atomic E-state index is -4.87. The molecule has 3 aromatic carbocycles. The van der Waals surface area contributed by atoms with E-state index in [1.807, 2.05) is 6.92 Å². The second-order valence-electron chi connectivity index (χ2n) is 7.56. The van der Waals surface area contributed by atoms with Crippen molar-refractivity contribution in [2.45, 2.75) is 21.6 Å². The number of benzene rings is 3. The maximum atomic E-state index is 12.0. The lowest BCUT2D eigenvalue weighted by molar-refractivity contribution is -0.432. The molecule has 0 aliphatic rings. The Morgan fingerprint density at radius 3 is 2.07 bits per heavy atom. The Balaban J connectivity index is 1.88. The van der Waals surface area contributed by atoms with Crippen LogP contribution in [0.15, 0.2) is 83.7 Å². The molecule has 3 rings (SSSR count). The van der Waals surface area contributed by atoms with Gasteiger partial charge in [0.05, 0.1) is 28.3 Å². The SMILES string of the molecule is Cc1ccc(N=Nc2cc(N=Nc3ccc(SC#COOS(=O)(=O)O)cc3S(=O)(=O)O)c(N)cc2N)c(SOOO)c1. The summed E-state index contributed by atoms with van der Waals surface area (Å²) < 4.78 is 70.8. The van der Waals surface area contributed by atoms with Crippen molar-refractivity contribution in [1.82, 2.24) is 0 Å². The fraction of sp³-hybridized carbons (Fsp3) is 0.0476. The van der Waals surface area contributed by atoms with Crippen LogP contribution in [0.25, 0.3) is 0 Å². The predicted octanol–water partition coefficient (Wildman–Crippen LogP) is 5.43. The smallest absolute Gasteiger partial charge is 0.397 e. The fourth-order valence-electron chi connectivity index (χ4n) is 2.83. The first-order valence-corrected chi connectivity index (χ1v) is 15.0. The number of aryl methyl sites for hydroxylation is 1. The summed E-state index contributed by atoms with van der Waals surface area (Å²) in [6, 6.07) is 11.4. The first kappa shape index (κ1) is 32.7. The van der Waals surface area contributed by atoms with Gasteiger partial charge in [-0.1, -0.05) is 11.1 Å². The van der Waals surface area contributed by atoms with Crippen molar-refractivity contribution in [1.29, 1.82) is 0 Å². The summed E-state index contributed by atoms with van der Waals surface area (Å²) >= 11 is 1.36. The van der Waals surface area contributed by atoms with E-state index in [0.717, 1.165) is 11.6 Å². The van der Waals surface area contributed by atoms with Gasteiger partial charge in [-0.15, -0.1) is 24.8 Å². The molecule has 0 fully saturated rings. The Morgan fingerprint density at radius 2 is 1.45 bits per heavy atom. The molecular weight excluding hydrogens is 641 g/mol. The van der Waals surface area contributed by atoms with Crippen LogP contribution >= 0.6 is 23.8 Å². The largest absolute Gasteiger partial charge is 0.433 e. The van der Waals surface area contributed by atoms with Crippen molar-refractivity contribution < 1.29 is 49.8 Å². The molecule has 42 heavy (non-hydrogen) atoms.